The van der Waals surface area contributed by atoms with Crippen LogP contribution in [-0.4, -0.2) is 29.9 Å². The molecule has 29 heavy (non-hydrogen) atoms. The van der Waals surface area contributed by atoms with Crippen molar-refractivity contribution in [3.05, 3.63) is 64.4 Å². The van der Waals surface area contributed by atoms with Gasteiger partial charge in [-0.05, 0) is 49.4 Å². The third-order valence-corrected chi connectivity index (χ3v) is 7.61. The summed E-state index contributed by atoms with van der Waals surface area (Å²) >= 11 is 7.19. The van der Waals surface area contributed by atoms with Gasteiger partial charge in [0.05, 0.1) is 22.6 Å². The Bertz CT molecular complexity index is 1230. The Morgan fingerprint density at radius 3 is 2.66 bits per heavy atom. The van der Waals surface area contributed by atoms with Gasteiger partial charge in [0, 0.05) is 22.5 Å². The Morgan fingerprint density at radius 1 is 1.21 bits per heavy atom. The quantitative estimate of drug-likeness (QED) is 0.418. The van der Waals surface area contributed by atoms with Crippen molar-refractivity contribution in [2.24, 2.45) is 0 Å². The summed E-state index contributed by atoms with van der Waals surface area (Å²) in [6, 6.07) is 12.1. The highest BCUT2D eigenvalue weighted by Crippen LogP contribution is 2.35. The largest absolute Gasteiger partial charge is 0.468 e. The lowest BCUT2D eigenvalue weighted by atomic mass is 10.2. The molecular weight excluding hydrogens is 434 g/mol. The monoisotopic (exact) mass is 449 g/mol. The van der Waals surface area contributed by atoms with Gasteiger partial charge >= 0.3 is 0 Å². The van der Waals surface area contributed by atoms with Crippen LogP contribution >= 0.6 is 22.9 Å². The molecular formula is C19H16ClN3O4S2. The Labute approximate surface area is 176 Å². The van der Waals surface area contributed by atoms with Crippen molar-refractivity contribution in [2.45, 2.75) is 18.4 Å². The van der Waals surface area contributed by atoms with Crippen LogP contribution in [0.1, 0.15) is 10.6 Å². The number of thiophene rings is 1. The number of rotatable bonds is 6. The lowest BCUT2D eigenvalue weighted by Gasteiger charge is -2.15. The first-order chi connectivity index (χ1) is 13.8. The highest BCUT2D eigenvalue weighted by Gasteiger charge is 2.27. The van der Waals surface area contributed by atoms with E-state index in [4.69, 9.17) is 20.5 Å². The van der Waals surface area contributed by atoms with E-state index in [-0.39, 0.29) is 17.3 Å². The maximum atomic E-state index is 13.0. The number of sulfonamides is 1. The maximum absolute atomic E-state index is 13.0. The molecule has 0 saturated carbocycles. The number of aryl methyl sites for hydroxylation is 1. The molecule has 0 unspecified atom stereocenters. The van der Waals surface area contributed by atoms with Gasteiger partial charge in [0.1, 0.15) is 5.76 Å². The van der Waals surface area contributed by atoms with Crippen molar-refractivity contribution in [2.75, 3.05) is 7.05 Å². The molecule has 0 N–H and O–H groups in total. The molecule has 0 spiro atoms. The molecule has 0 aliphatic heterocycles. The zero-order valence-corrected chi connectivity index (χ0v) is 17.9. The second kappa shape index (κ2) is 7.75. The van der Waals surface area contributed by atoms with E-state index < -0.39 is 10.0 Å². The smallest absolute Gasteiger partial charge is 0.268 e. The lowest BCUT2D eigenvalue weighted by Crippen LogP contribution is -2.26. The van der Waals surface area contributed by atoms with Gasteiger partial charge in [-0.25, -0.2) is 8.42 Å². The first-order valence-corrected chi connectivity index (χ1v) is 11.2. The zero-order valence-electron chi connectivity index (χ0n) is 15.5. The third kappa shape index (κ3) is 3.99. The van der Waals surface area contributed by atoms with E-state index >= 15 is 0 Å². The van der Waals surface area contributed by atoms with E-state index in [2.05, 4.69) is 10.1 Å². The second-order valence-electron chi connectivity index (χ2n) is 6.30. The topological polar surface area (TPSA) is 89.4 Å². The van der Waals surface area contributed by atoms with Crippen molar-refractivity contribution >= 4 is 33.0 Å². The van der Waals surface area contributed by atoms with Crippen LogP contribution in [0.15, 0.2) is 62.6 Å². The Kier molecular flexibility index (Phi) is 5.30. The summed E-state index contributed by atoms with van der Waals surface area (Å²) in [6.07, 6.45) is 1.51. The van der Waals surface area contributed by atoms with Gasteiger partial charge in [0.25, 0.3) is 5.89 Å². The summed E-state index contributed by atoms with van der Waals surface area (Å²) in [7, 11) is -2.19. The normalized spacial score (nSPS) is 12.0. The summed E-state index contributed by atoms with van der Waals surface area (Å²) in [5.41, 5.74) is 0.753. The average molecular weight is 450 g/mol. The summed E-state index contributed by atoms with van der Waals surface area (Å²) in [6.45, 7) is 1.89. The Balaban J connectivity index is 1.62. The predicted molar refractivity (Wildman–Crippen MR) is 110 cm³/mol. The molecule has 0 aliphatic carbocycles. The molecule has 7 nitrogen and oxygen atoms in total. The van der Waals surface area contributed by atoms with Crippen LogP contribution in [-0.2, 0) is 16.6 Å². The van der Waals surface area contributed by atoms with Gasteiger partial charge in [0.2, 0.25) is 15.8 Å². The van der Waals surface area contributed by atoms with Crippen molar-refractivity contribution in [1.29, 1.82) is 0 Å². The van der Waals surface area contributed by atoms with E-state index in [1.165, 1.54) is 29.0 Å². The molecule has 0 radical (unpaired) electrons. The van der Waals surface area contributed by atoms with Crippen LogP contribution in [0.5, 0.6) is 0 Å². The minimum atomic E-state index is -3.70. The molecule has 4 rings (SSSR count). The molecule has 1 aromatic carbocycles. The molecule has 4 aromatic rings. The number of furan rings is 1. The van der Waals surface area contributed by atoms with Crippen molar-refractivity contribution in [3.8, 4) is 22.2 Å². The van der Waals surface area contributed by atoms with Crippen molar-refractivity contribution in [1.82, 2.24) is 14.4 Å². The van der Waals surface area contributed by atoms with Crippen LogP contribution in [0.25, 0.3) is 22.2 Å². The van der Waals surface area contributed by atoms with E-state index in [1.807, 2.05) is 0 Å². The average Bonchev–Trinajstić information content (AvgIpc) is 3.42. The fourth-order valence-electron chi connectivity index (χ4n) is 2.74. The summed E-state index contributed by atoms with van der Waals surface area (Å²) in [5, 5.41) is 4.59. The zero-order chi connectivity index (χ0) is 20.6. The summed E-state index contributed by atoms with van der Waals surface area (Å²) in [5.74, 6) is 1.23. The number of nitrogens with zero attached hydrogens (tertiary/aromatic N) is 3. The van der Waals surface area contributed by atoms with Crippen LogP contribution in [0.2, 0.25) is 5.02 Å². The minimum absolute atomic E-state index is 0.140. The van der Waals surface area contributed by atoms with Gasteiger partial charge < -0.3 is 8.94 Å². The number of hydrogen-bond acceptors (Lipinski definition) is 7. The molecule has 3 heterocycles. The van der Waals surface area contributed by atoms with Crippen molar-refractivity contribution in [3.63, 3.8) is 0 Å². The van der Waals surface area contributed by atoms with Crippen LogP contribution in [0, 0.1) is 6.92 Å². The third-order valence-electron chi connectivity index (χ3n) is 4.26. The molecule has 0 fully saturated rings. The lowest BCUT2D eigenvalue weighted by molar-refractivity contribution is 0.406. The van der Waals surface area contributed by atoms with Gasteiger partial charge in [0.15, 0.2) is 0 Å². The van der Waals surface area contributed by atoms with Crippen molar-refractivity contribution < 1.29 is 17.4 Å². The molecule has 3 aromatic heterocycles. The maximum Gasteiger partial charge on any atom is 0.268 e. The van der Waals surface area contributed by atoms with Crippen LogP contribution < -0.4 is 0 Å². The number of aromatic nitrogens is 2. The van der Waals surface area contributed by atoms with E-state index in [0.29, 0.717) is 26.4 Å². The van der Waals surface area contributed by atoms with Gasteiger partial charge in [-0.3, -0.25) is 0 Å². The SMILES string of the molecule is Cc1sc(-c2nc(-c3ccc(Cl)cc3)no2)cc1S(=O)(=O)N(C)Cc1ccco1. The predicted octanol–water partition coefficient (Wildman–Crippen LogP) is 4.84. The molecule has 0 atom stereocenters. The van der Waals surface area contributed by atoms with E-state index in [1.54, 1.807) is 49.4 Å². The second-order valence-corrected chi connectivity index (χ2v) is 10.0. The number of benzene rings is 1. The number of halogens is 1. The molecule has 0 aliphatic rings. The fraction of sp³-hybridized carbons (Fsp3) is 0.158. The molecule has 0 saturated heterocycles. The fourth-order valence-corrected chi connectivity index (χ4v) is 5.48. The molecule has 0 amide bonds. The Hall–Kier alpha value is -2.46. The molecule has 150 valence electrons. The first-order valence-electron chi connectivity index (χ1n) is 8.54. The van der Waals surface area contributed by atoms with E-state index in [9.17, 15) is 8.42 Å². The van der Waals surface area contributed by atoms with Crippen LogP contribution in [0.4, 0.5) is 0 Å². The first kappa shape index (κ1) is 19.8. The van der Waals surface area contributed by atoms with Crippen LogP contribution in [0.3, 0.4) is 0 Å². The Morgan fingerprint density at radius 2 is 1.97 bits per heavy atom. The number of hydrogen-bond donors (Lipinski definition) is 0. The van der Waals surface area contributed by atoms with E-state index in [0.717, 1.165) is 5.56 Å². The standard InChI is InChI=1S/C19H16ClN3O4S2/c1-12-17(29(24,25)23(2)11-15-4-3-9-26-15)10-16(28-12)19-21-18(22-27-19)13-5-7-14(20)8-6-13/h3-10H,11H2,1-2H3. The minimum Gasteiger partial charge on any atom is -0.468 e. The summed E-state index contributed by atoms with van der Waals surface area (Å²) in [4.78, 5) is 5.82. The van der Waals surface area contributed by atoms with Gasteiger partial charge in [-0.1, -0.05) is 16.8 Å². The molecule has 10 heteroatoms. The summed E-state index contributed by atoms with van der Waals surface area (Å²) < 4.78 is 37.8. The highest BCUT2D eigenvalue weighted by atomic mass is 35.5. The van der Waals surface area contributed by atoms with Gasteiger partial charge in [-0.15, -0.1) is 11.3 Å². The van der Waals surface area contributed by atoms with Gasteiger partial charge in [-0.2, -0.15) is 9.29 Å². The highest BCUT2D eigenvalue weighted by molar-refractivity contribution is 7.89. The molecule has 0 bridgehead atoms.